The zero-order valence-electron chi connectivity index (χ0n) is 9.77. The van der Waals surface area contributed by atoms with E-state index >= 15 is 0 Å². The van der Waals surface area contributed by atoms with Gasteiger partial charge in [0.1, 0.15) is 22.3 Å². The fourth-order valence-electron chi connectivity index (χ4n) is 2.09. The number of fused-ring (bicyclic) bond motifs is 3. The minimum atomic E-state index is -0.595. The first kappa shape index (κ1) is 10.7. The molecule has 0 fully saturated rings. The van der Waals surface area contributed by atoms with Gasteiger partial charge in [-0.05, 0) is 25.5 Å². The maximum atomic E-state index is 11.8. The van der Waals surface area contributed by atoms with Crippen LogP contribution < -0.4 is 5.63 Å². The van der Waals surface area contributed by atoms with Crippen LogP contribution in [0.15, 0.2) is 25.8 Å². The summed E-state index contributed by atoms with van der Waals surface area (Å²) in [4.78, 5) is 11.8. The Balaban J connectivity index is 2.67. The first-order valence-electron chi connectivity index (χ1n) is 5.37. The highest BCUT2D eigenvalue weighted by molar-refractivity contribution is 6.08. The lowest BCUT2D eigenvalue weighted by molar-refractivity contribution is 0.405. The SMILES string of the molecule is Cc1cc2oc3cc(C)c(O)c(O)c3c2c(=O)o1. The fraction of sp³-hybridized carbons (Fsp3) is 0.154. The average molecular weight is 246 g/mol. The molecule has 0 atom stereocenters. The third-order valence-corrected chi connectivity index (χ3v) is 2.94. The molecular formula is C13H10O5. The van der Waals surface area contributed by atoms with Crippen LogP contribution >= 0.6 is 0 Å². The first-order valence-corrected chi connectivity index (χ1v) is 5.37. The highest BCUT2D eigenvalue weighted by Crippen LogP contribution is 2.41. The molecule has 92 valence electrons. The average Bonchev–Trinajstić information content (AvgIpc) is 2.64. The number of aromatic hydroxyl groups is 2. The Morgan fingerprint density at radius 3 is 2.33 bits per heavy atom. The summed E-state index contributed by atoms with van der Waals surface area (Å²) < 4.78 is 10.5. The number of furan rings is 1. The van der Waals surface area contributed by atoms with Gasteiger partial charge in [0.05, 0.1) is 5.39 Å². The summed E-state index contributed by atoms with van der Waals surface area (Å²) >= 11 is 0. The van der Waals surface area contributed by atoms with E-state index < -0.39 is 5.63 Å². The molecule has 2 aromatic heterocycles. The monoisotopic (exact) mass is 246 g/mol. The van der Waals surface area contributed by atoms with Gasteiger partial charge in [0, 0.05) is 6.07 Å². The van der Waals surface area contributed by atoms with Crippen molar-refractivity contribution in [3.63, 3.8) is 0 Å². The van der Waals surface area contributed by atoms with E-state index in [4.69, 9.17) is 8.83 Å². The Kier molecular flexibility index (Phi) is 1.96. The smallest absolute Gasteiger partial charge is 0.347 e. The largest absolute Gasteiger partial charge is 0.504 e. The van der Waals surface area contributed by atoms with Gasteiger partial charge in [-0.25, -0.2) is 4.79 Å². The predicted molar refractivity (Wildman–Crippen MR) is 65.1 cm³/mol. The number of hydrogen-bond acceptors (Lipinski definition) is 5. The van der Waals surface area contributed by atoms with Crippen LogP contribution in [-0.2, 0) is 0 Å². The molecule has 0 aliphatic heterocycles. The zero-order chi connectivity index (χ0) is 13.0. The van der Waals surface area contributed by atoms with Gasteiger partial charge in [-0.15, -0.1) is 0 Å². The summed E-state index contributed by atoms with van der Waals surface area (Å²) in [6, 6.07) is 3.14. The van der Waals surface area contributed by atoms with E-state index in [9.17, 15) is 15.0 Å². The normalized spacial score (nSPS) is 11.4. The predicted octanol–water partition coefficient (Wildman–Crippen LogP) is 2.57. The number of hydrogen-bond donors (Lipinski definition) is 2. The number of benzene rings is 1. The molecule has 0 aliphatic rings. The molecule has 0 radical (unpaired) electrons. The third-order valence-electron chi connectivity index (χ3n) is 2.94. The summed E-state index contributed by atoms with van der Waals surface area (Å²) in [5.41, 5.74) is 0.553. The van der Waals surface area contributed by atoms with Crippen molar-refractivity contribution in [3.05, 3.63) is 33.9 Å². The van der Waals surface area contributed by atoms with Crippen molar-refractivity contribution in [2.45, 2.75) is 13.8 Å². The molecule has 0 saturated heterocycles. The Labute approximate surface area is 101 Å². The molecule has 5 nitrogen and oxygen atoms in total. The minimum Gasteiger partial charge on any atom is -0.504 e. The van der Waals surface area contributed by atoms with E-state index in [0.29, 0.717) is 22.5 Å². The van der Waals surface area contributed by atoms with Crippen LogP contribution in [0.25, 0.3) is 21.9 Å². The topological polar surface area (TPSA) is 83.8 Å². The highest BCUT2D eigenvalue weighted by atomic mass is 16.4. The van der Waals surface area contributed by atoms with Crippen LogP contribution in [0.2, 0.25) is 0 Å². The summed E-state index contributed by atoms with van der Waals surface area (Å²) in [5.74, 6) is -0.197. The van der Waals surface area contributed by atoms with E-state index in [0.717, 1.165) is 0 Å². The van der Waals surface area contributed by atoms with Crippen molar-refractivity contribution in [3.8, 4) is 11.5 Å². The lowest BCUT2D eigenvalue weighted by Gasteiger charge is -2.01. The van der Waals surface area contributed by atoms with Crippen LogP contribution in [0.4, 0.5) is 0 Å². The Morgan fingerprint density at radius 2 is 1.61 bits per heavy atom. The molecule has 0 saturated carbocycles. The molecule has 0 amide bonds. The number of aryl methyl sites for hydroxylation is 2. The first-order chi connectivity index (χ1) is 8.49. The molecular weight excluding hydrogens is 236 g/mol. The number of phenols is 2. The van der Waals surface area contributed by atoms with Gasteiger partial charge in [-0.2, -0.15) is 0 Å². The number of rotatable bonds is 0. The van der Waals surface area contributed by atoms with Crippen LogP contribution in [0.3, 0.4) is 0 Å². The summed E-state index contributed by atoms with van der Waals surface area (Å²) in [6.07, 6.45) is 0. The van der Waals surface area contributed by atoms with Crippen LogP contribution in [0.1, 0.15) is 11.3 Å². The molecule has 2 heterocycles. The lowest BCUT2D eigenvalue weighted by atomic mass is 10.1. The van der Waals surface area contributed by atoms with Gasteiger partial charge in [-0.1, -0.05) is 0 Å². The van der Waals surface area contributed by atoms with Crippen molar-refractivity contribution in [1.29, 1.82) is 0 Å². The lowest BCUT2D eigenvalue weighted by Crippen LogP contribution is -1.98. The van der Waals surface area contributed by atoms with Gasteiger partial charge in [0.2, 0.25) is 0 Å². The van der Waals surface area contributed by atoms with Crippen molar-refractivity contribution in [1.82, 2.24) is 0 Å². The second-order valence-corrected chi connectivity index (χ2v) is 4.25. The summed E-state index contributed by atoms with van der Waals surface area (Å²) in [6.45, 7) is 3.27. The summed E-state index contributed by atoms with van der Waals surface area (Å²) in [7, 11) is 0. The van der Waals surface area contributed by atoms with Crippen LogP contribution in [0, 0.1) is 13.8 Å². The van der Waals surface area contributed by atoms with E-state index in [1.54, 1.807) is 26.0 Å². The molecule has 2 N–H and O–H groups in total. The zero-order valence-corrected chi connectivity index (χ0v) is 9.77. The van der Waals surface area contributed by atoms with Crippen molar-refractivity contribution in [2.75, 3.05) is 0 Å². The van der Waals surface area contributed by atoms with Crippen LogP contribution in [-0.4, -0.2) is 10.2 Å². The molecule has 0 bridgehead atoms. The molecule has 3 rings (SSSR count). The van der Waals surface area contributed by atoms with E-state index in [-0.39, 0.29) is 22.3 Å². The van der Waals surface area contributed by atoms with Crippen molar-refractivity contribution >= 4 is 21.9 Å². The summed E-state index contributed by atoms with van der Waals surface area (Å²) in [5, 5.41) is 20.0. The van der Waals surface area contributed by atoms with E-state index in [2.05, 4.69) is 0 Å². The molecule has 18 heavy (non-hydrogen) atoms. The molecule has 1 aromatic carbocycles. The standard InChI is InChI=1S/C13H10O5/c1-5-3-7-9(12(15)11(5)14)10-8(18-7)4-6(2)17-13(10)16/h3-4,14-15H,1-2H3. The Bertz CT molecular complexity index is 838. The van der Waals surface area contributed by atoms with Gasteiger partial charge < -0.3 is 19.0 Å². The van der Waals surface area contributed by atoms with Crippen molar-refractivity contribution < 1.29 is 19.0 Å². The van der Waals surface area contributed by atoms with Crippen LogP contribution in [0.5, 0.6) is 11.5 Å². The quantitative estimate of drug-likeness (QED) is 0.595. The third kappa shape index (κ3) is 1.24. The Morgan fingerprint density at radius 1 is 0.944 bits per heavy atom. The van der Waals surface area contributed by atoms with Gasteiger partial charge in [0.15, 0.2) is 11.5 Å². The van der Waals surface area contributed by atoms with Gasteiger partial charge in [0.25, 0.3) is 0 Å². The molecule has 5 heteroatoms. The van der Waals surface area contributed by atoms with E-state index in [1.807, 2.05) is 0 Å². The second kappa shape index (κ2) is 3.29. The van der Waals surface area contributed by atoms with Crippen molar-refractivity contribution in [2.24, 2.45) is 0 Å². The maximum Gasteiger partial charge on any atom is 0.347 e. The number of phenolic OH excluding ortho intramolecular Hbond substituents is 2. The second-order valence-electron chi connectivity index (χ2n) is 4.25. The Hall–Kier alpha value is -2.43. The molecule has 3 aromatic rings. The molecule has 0 unspecified atom stereocenters. The fourth-order valence-corrected chi connectivity index (χ4v) is 2.09. The van der Waals surface area contributed by atoms with E-state index in [1.165, 1.54) is 0 Å². The maximum absolute atomic E-state index is 11.8. The van der Waals surface area contributed by atoms with Gasteiger partial charge >= 0.3 is 5.63 Å². The highest BCUT2D eigenvalue weighted by Gasteiger charge is 2.19. The molecule has 0 aliphatic carbocycles. The molecule has 0 spiro atoms. The minimum absolute atomic E-state index is 0.142. The van der Waals surface area contributed by atoms with Gasteiger partial charge in [-0.3, -0.25) is 0 Å².